The van der Waals surface area contributed by atoms with E-state index in [0.29, 0.717) is 56.9 Å². The first kappa shape index (κ1) is 27.8. The maximum atomic E-state index is 13.4. The van der Waals surface area contributed by atoms with E-state index >= 15 is 0 Å². The molecule has 0 bridgehead atoms. The Kier molecular flexibility index (Phi) is 7.03. The first-order valence-electron chi connectivity index (χ1n) is 13.3. The van der Waals surface area contributed by atoms with Crippen LogP contribution in [0.5, 0.6) is 11.8 Å². The number of nitrogens with zero attached hydrogens (tertiary/aromatic N) is 4. The molecule has 214 valence electrons. The zero-order valence-electron chi connectivity index (χ0n) is 23.0. The van der Waals surface area contributed by atoms with Crippen LogP contribution in [0, 0.1) is 0 Å². The van der Waals surface area contributed by atoms with Crippen LogP contribution in [0.2, 0.25) is 0 Å². The summed E-state index contributed by atoms with van der Waals surface area (Å²) in [7, 11) is 5.91. The van der Waals surface area contributed by atoms with Gasteiger partial charge in [0.1, 0.15) is 0 Å². The van der Waals surface area contributed by atoms with Crippen molar-refractivity contribution in [3.63, 3.8) is 0 Å². The van der Waals surface area contributed by atoms with Crippen molar-refractivity contribution in [2.45, 2.75) is 25.7 Å². The lowest BCUT2D eigenvalue weighted by molar-refractivity contribution is -0.869. The van der Waals surface area contributed by atoms with Crippen molar-refractivity contribution in [3.05, 3.63) is 58.7 Å². The maximum absolute atomic E-state index is 13.4. The first-order chi connectivity index (χ1) is 19.4. The lowest BCUT2D eigenvalue weighted by Crippen LogP contribution is -2.48. The predicted octanol–water partition coefficient (Wildman–Crippen LogP) is 2.17. The second-order valence-electron chi connectivity index (χ2n) is 11.2. The monoisotopic (exact) mass is 563 g/mol. The average Bonchev–Trinajstić information content (AvgIpc) is 3.23. The topological polar surface area (TPSA) is 146 Å². The van der Waals surface area contributed by atoms with Crippen LogP contribution in [0.15, 0.2) is 36.4 Å². The number of carbonyl (C=O) groups is 5. The molecule has 2 aromatic carbocycles. The summed E-state index contributed by atoms with van der Waals surface area (Å²) in [5.41, 5.74) is 1.11. The Morgan fingerprint density at radius 2 is 1.12 bits per heavy atom. The van der Waals surface area contributed by atoms with Gasteiger partial charge in [0.05, 0.1) is 34.2 Å². The molecule has 3 aromatic rings. The van der Waals surface area contributed by atoms with Gasteiger partial charge in [0.15, 0.2) is 0 Å². The van der Waals surface area contributed by atoms with Gasteiger partial charge in [-0.3, -0.25) is 29.0 Å². The molecular formula is C29H31N4O8+. The first-order valence-corrected chi connectivity index (χ1v) is 13.3. The molecule has 1 aromatic heterocycles. The van der Waals surface area contributed by atoms with E-state index in [1.807, 2.05) is 21.1 Å². The van der Waals surface area contributed by atoms with Crippen LogP contribution in [0.1, 0.15) is 67.1 Å². The van der Waals surface area contributed by atoms with E-state index in [-0.39, 0.29) is 30.6 Å². The fraction of sp³-hybridized carbons (Fsp3) is 0.345. The van der Waals surface area contributed by atoms with Crippen LogP contribution in [-0.2, 0) is 4.79 Å². The Morgan fingerprint density at radius 1 is 0.683 bits per heavy atom. The number of carbonyl (C=O) groups excluding carboxylic acids is 5. The summed E-state index contributed by atoms with van der Waals surface area (Å²) >= 11 is 0. The Labute approximate surface area is 235 Å². The number of quaternary nitrogens is 1. The largest absolute Gasteiger partial charge is 0.492 e. The molecule has 0 saturated heterocycles. The lowest BCUT2D eigenvalue weighted by Gasteiger charge is -2.33. The molecule has 0 aliphatic carbocycles. The van der Waals surface area contributed by atoms with E-state index < -0.39 is 41.4 Å². The second-order valence-corrected chi connectivity index (χ2v) is 11.2. The maximum Gasteiger partial charge on any atom is 0.333 e. The van der Waals surface area contributed by atoms with E-state index in [0.717, 1.165) is 4.90 Å². The summed E-state index contributed by atoms with van der Waals surface area (Å²) in [6.45, 7) is 0.929. The highest BCUT2D eigenvalue weighted by molar-refractivity contribution is 6.33. The van der Waals surface area contributed by atoms with Crippen molar-refractivity contribution >= 4 is 40.4 Å². The van der Waals surface area contributed by atoms with Crippen LogP contribution in [0.25, 0.3) is 10.8 Å². The smallest absolute Gasteiger partial charge is 0.333 e. The van der Waals surface area contributed by atoms with Crippen molar-refractivity contribution in [3.8, 4) is 11.8 Å². The number of aromatic nitrogens is 1. The highest BCUT2D eigenvalue weighted by Crippen LogP contribution is 2.38. The van der Waals surface area contributed by atoms with Gasteiger partial charge >= 0.3 is 5.97 Å². The van der Waals surface area contributed by atoms with Crippen LogP contribution in [0.3, 0.4) is 0 Å². The van der Waals surface area contributed by atoms with Gasteiger partial charge in [0.25, 0.3) is 23.6 Å². The molecule has 3 heterocycles. The highest BCUT2D eigenvalue weighted by atomic mass is 16.7. The van der Waals surface area contributed by atoms with Crippen LogP contribution < -0.4 is 4.84 Å². The Hall–Kier alpha value is -4.71. The van der Waals surface area contributed by atoms with Crippen LogP contribution in [-0.4, -0.2) is 99.6 Å². The van der Waals surface area contributed by atoms with Crippen molar-refractivity contribution < 1.29 is 43.5 Å². The molecule has 41 heavy (non-hydrogen) atoms. The SMILES string of the molecule is C[N+](C)(C)CCN1C(=O)c2ccc3c4c(ccc(c24)C1=O)C(=O)N(CCCCCC(=O)On1c(O)ccc1O)C3=O. The fourth-order valence-electron chi connectivity index (χ4n) is 5.14. The van der Waals surface area contributed by atoms with Gasteiger partial charge in [-0.05, 0) is 37.1 Å². The Bertz CT molecular complexity index is 1530. The van der Waals surface area contributed by atoms with Gasteiger partial charge in [-0.2, -0.15) is 0 Å². The third-order valence-electron chi connectivity index (χ3n) is 7.31. The summed E-state index contributed by atoms with van der Waals surface area (Å²) in [6.07, 6.45) is 1.33. The van der Waals surface area contributed by atoms with Gasteiger partial charge in [0.2, 0.25) is 11.8 Å². The minimum absolute atomic E-state index is 0.000487. The number of aromatic hydroxyl groups is 2. The molecule has 4 amide bonds. The number of unbranched alkanes of at least 4 members (excludes halogenated alkanes) is 2. The zero-order chi connectivity index (χ0) is 29.6. The fourth-order valence-corrected chi connectivity index (χ4v) is 5.14. The highest BCUT2D eigenvalue weighted by Gasteiger charge is 2.39. The zero-order valence-corrected chi connectivity index (χ0v) is 23.0. The second kappa shape index (κ2) is 10.4. The van der Waals surface area contributed by atoms with Gasteiger partial charge in [0, 0.05) is 58.1 Å². The molecule has 0 radical (unpaired) electrons. The number of hydrogen-bond donors (Lipinski definition) is 2. The lowest BCUT2D eigenvalue weighted by atomic mass is 9.86. The van der Waals surface area contributed by atoms with Gasteiger partial charge in [-0.1, -0.05) is 6.42 Å². The third-order valence-corrected chi connectivity index (χ3v) is 7.31. The van der Waals surface area contributed by atoms with E-state index in [1.54, 1.807) is 24.3 Å². The normalized spacial score (nSPS) is 14.8. The molecule has 2 N–H and O–H groups in total. The molecule has 0 unspecified atom stereocenters. The number of benzene rings is 2. The number of amides is 4. The summed E-state index contributed by atoms with van der Waals surface area (Å²) < 4.78 is 1.19. The summed E-state index contributed by atoms with van der Waals surface area (Å²) in [5, 5.41) is 19.8. The number of hydrogen-bond acceptors (Lipinski definition) is 8. The molecule has 2 aliphatic rings. The van der Waals surface area contributed by atoms with Gasteiger partial charge in [-0.15, -0.1) is 4.73 Å². The molecule has 2 aliphatic heterocycles. The van der Waals surface area contributed by atoms with E-state index in [4.69, 9.17) is 4.84 Å². The standard InChI is InChI=1S/C29H30N4O8/c1-33(2,3)16-15-31-28(39)19-10-8-17-24-18(9-11-20(25(19)24)29(31)40)27(38)30(26(17)37)14-6-4-5-7-23(36)41-32-21(34)12-13-22(32)35/h8-13H,4-7,14-16H2,1-3H3,(H-,34,35,37,38,39,40)/p+1. The number of rotatable bonds is 10. The van der Waals surface area contributed by atoms with Crippen molar-refractivity contribution in [2.24, 2.45) is 0 Å². The molecule has 0 fully saturated rings. The number of imide groups is 2. The van der Waals surface area contributed by atoms with E-state index in [1.165, 1.54) is 17.0 Å². The minimum Gasteiger partial charge on any atom is -0.492 e. The quantitative estimate of drug-likeness (QED) is 0.217. The van der Waals surface area contributed by atoms with E-state index in [9.17, 15) is 34.2 Å². The molecule has 12 heteroatoms. The molecule has 0 spiro atoms. The molecule has 12 nitrogen and oxygen atoms in total. The van der Waals surface area contributed by atoms with Crippen LogP contribution in [0.4, 0.5) is 0 Å². The van der Waals surface area contributed by atoms with Gasteiger partial charge < -0.3 is 19.5 Å². The van der Waals surface area contributed by atoms with E-state index in [2.05, 4.69) is 0 Å². The van der Waals surface area contributed by atoms with Crippen molar-refractivity contribution in [1.82, 2.24) is 14.5 Å². The average molecular weight is 564 g/mol. The predicted molar refractivity (Wildman–Crippen MR) is 145 cm³/mol. The minimum atomic E-state index is -0.661. The Balaban J connectivity index is 1.27. The third kappa shape index (κ3) is 5.02. The van der Waals surface area contributed by atoms with Crippen molar-refractivity contribution in [2.75, 3.05) is 40.8 Å². The van der Waals surface area contributed by atoms with Crippen molar-refractivity contribution in [1.29, 1.82) is 0 Å². The van der Waals surface area contributed by atoms with Gasteiger partial charge in [-0.25, -0.2) is 4.79 Å². The molecular weight excluding hydrogens is 532 g/mol. The summed E-state index contributed by atoms with van der Waals surface area (Å²) in [4.78, 5) is 72.7. The van der Waals surface area contributed by atoms with Crippen LogP contribution >= 0.6 is 0 Å². The molecule has 5 rings (SSSR count). The molecule has 0 atom stereocenters. The molecule has 0 saturated carbocycles. The number of likely N-dealkylation sites (N-methyl/N-ethyl adjacent to an activating group) is 1. The Morgan fingerprint density at radius 3 is 1.56 bits per heavy atom. The summed E-state index contributed by atoms with van der Waals surface area (Å²) in [5.74, 6) is -3.38. The summed E-state index contributed by atoms with van der Waals surface area (Å²) in [6, 6.07) is 8.55.